The molecule has 5 rings (SSSR count). The van der Waals surface area contributed by atoms with Gasteiger partial charge in [-0.05, 0) is 71.9 Å². The van der Waals surface area contributed by atoms with E-state index in [4.69, 9.17) is 9.84 Å². The molecule has 1 fully saturated rings. The van der Waals surface area contributed by atoms with Crippen molar-refractivity contribution >= 4 is 23.7 Å². The van der Waals surface area contributed by atoms with E-state index >= 15 is 0 Å². The van der Waals surface area contributed by atoms with Crippen LogP contribution in [0.1, 0.15) is 66.7 Å². The molecule has 1 saturated heterocycles. The van der Waals surface area contributed by atoms with Crippen molar-refractivity contribution in [2.45, 2.75) is 57.3 Å². The number of amides is 2. The average Bonchev–Trinajstić information content (AvgIpc) is 3.32. The Morgan fingerprint density at radius 1 is 0.829 bits per heavy atom. The minimum atomic E-state index is -0.788. The van der Waals surface area contributed by atoms with Gasteiger partial charge in [-0.15, -0.1) is 0 Å². The number of carbonyl (C=O) groups is 3. The Morgan fingerprint density at radius 3 is 2.17 bits per heavy atom. The maximum absolute atomic E-state index is 13.5. The molecule has 1 N–H and O–H groups in total. The number of piperidine rings is 1. The van der Waals surface area contributed by atoms with Crippen LogP contribution in [0.15, 0.2) is 77.8 Å². The molecule has 1 aliphatic heterocycles. The molecule has 212 valence electrons. The van der Waals surface area contributed by atoms with Crippen LogP contribution in [-0.2, 0) is 27.2 Å². The lowest BCUT2D eigenvalue weighted by atomic mass is 9.98. The highest BCUT2D eigenvalue weighted by atomic mass is 16.5. The number of fused-ring (bicyclic) bond motifs is 3. The van der Waals surface area contributed by atoms with E-state index in [-0.39, 0.29) is 37.0 Å². The number of aliphatic imine (C=N–C) groups is 1. The second-order valence-electron chi connectivity index (χ2n) is 10.8. The molecule has 7 nitrogen and oxygen atoms in total. The standard InChI is InChI=1S/C34H36N2O5/c37-32(38)18-7-2-11-24-12-10-13-25(21-24)22-31(33(39)36-19-8-1-9-20-36)35-34(40)41-23-30-28-16-5-3-14-26(28)27-15-4-6-17-29(27)30/h3-6,10,12-17,21,30H,1-2,7-9,11,18-20,22-23H2,(H,37,38). The zero-order valence-corrected chi connectivity index (χ0v) is 23.3. The molecule has 1 heterocycles. The molecule has 7 heteroatoms. The van der Waals surface area contributed by atoms with Crippen LogP contribution in [0.2, 0.25) is 0 Å². The predicted molar refractivity (Wildman–Crippen MR) is 158 cm³/mol. The van der Waals surface area contributed by atoms with Crippen LogP contribution >= 0.6 is 0 Å². The fourth-order valence-electron chi connectivity index (χ4n) is 5.87. The lowest BCUT2D eigenvalue weighted by molar-refractivity contribution is -0.137. The van der Waals surface area contributed by atoms with E-state index in [0.717, 1.165) is 65.5 Å². The summed E-state index contributed by atoms with van der Waals surface area (Å²) in [5.41, 5.74) is 6.68. The van der Waals surface area contributed by atoms with Gasteiger partial charge >= 0.3 is 12.1 Å². The first-order chi connectivity index (χ1) is 20.0. The molecule has 3 aromatic rings. The summed E-state index contributed by atoms with van der Waals surface area (Å²) in [5.74, 6) is -1.09. The van der Waals surface area contributed by atoms with Crippen molar-refractivity contribution in [2.24, 2.45) is 4.99 Å². The van der Waals surface area contributed by atoms with Gasteiger partial charge in [0.05, 0.1) is 0 Å². The third kappa shape index (κ3) is 7.09. The van der Waals surface area contributed by atoms with Crippen LogP contribution < -0.4 is 0 Å². The number of ether oxygens (including phenoxy) is 1. The number of carboxylic acid groups (broad SMARTS) is 1. The topological polar surface area (TPSA) is 96.3 Å². The smallest absolute Gasteiger partial charge is 0.434 e. The molecule has 0 aromatic heterocycles. The number of benzene rings is 3. The van der Waals surface area contributed by atoms with Gasteiger partial charge in [-0.3, -0.25) is 9.59 Å². The summed E-state index contributed by atoms with van der Waals surface area (Å²) in [6, 6.07) is 24.2. The van der Waals surface area contributed by atoms with Crippen LogP contribution in [0.3, 0.4) is 0 Å². The van der Waals surface area contributed by atoms with Crippen molar-refractivity contribution in [1.82, 2.24) is 4.90 Å². The van der Waals surface area contributed by atoms with Gasteiger partial charge in [0.25, 0.3) is 5.91 Å². The Morgan fingerprint density at radius 2 is 1.49 bits per heavy atom. The second-order valence-corrected chi connectivity index (χ2v) is 10.8. The monoisotopic (exact) mass is 552 g/mol. The van der Waals surface area contributed by atoms with E-state index in [9.17, 15) is 14.4 Å². The summed E-state index contributed by atoms with van der Waals surface area (Å²) in [5, 5.41) is 8.89. The Kier molecular flexibility index (Phi) is 9.24. The quantitative estimate of drug-likeness (QED) is 0.231. The zero-order valence-electron chi connectivity index (χ0n) is 23.3. The minimum absolute atomic E-state index is 0.0828. The van der Waals surface area contributed by atoms with Gasteiger partial charge in [-0.2, -0.15) is 4.99 Å². The summed E-state index contributed by atoms with van der Waals surface area (Å²) in [6.07, 6.45) is 4.73. The predicted octanol–water partition coefficient (Wildman–Crippen LogP) is 6.43. The highest BCUT2D eigenvalue weighted by molar-refractivity contribution is 6.40. The van der Waals surface area contributed by atoms with Gasteiger partial charge in [0, 0.05) is 31.8 Å². The van der Waals surface area contributed by atoms with E-state index in [2.05, 4.69) is 29.3 Å². The van der Waals surface area contributed by atoms with Crippen LogP contribution in [0, 0.1) is 0 Å². The first-order valence-electron chi connectivity index (χ1n) is 14.5. The molecule has 41 heavy (non-hydrogen) atoms. The van der Waals surface area contributed by atoms with Crippen LogP contribution in [0.4, 0.5) is 4.79 Å². The summed E-state index contributed by atoms with van der Waals surface area (Å²) in [4.78, 5) is 43.4. The number of hydrogen-bond acceptors (Lipinski definition) is 4. The van der Waals surface area contributed by atoms with Crippen molar-refractivity contribution in [3.63, 3.8) is 0 Å². The number of aliphatic carboxylic acids is 1. The van der Waals surface area contributed by atoms with E-state index < -0.39 is 12.1 Å². The number of unbranched alkanes of at least 4 members (excludes halogenated alkanes) is 1. The van der Waals surface area contributed by atoms with E-state index in [0.29, 0.717) is 19.5 Å². The Labute approximate surface area is 240 Å². The molecule has 1 aliphatic carbocycles. The van der Waals surface area contributed by atoms with Crippen LogP contribution in [0.5, 0.6) is 0 Å². The van der Waals surface area contributed by atoms with E-state index in [1.165, 1.54) is 0 Å². The van der Waals surface area contributed by atoms with Gasteiger partial charge in [0.2, 0.25) is 0 Å². The number of rotatable bonds is 10. The lowest BCUT2D eigenvalue weighted by Crippen LogP contribution is -2.41. The summed E-state index contributed by atoms with van der Waals surface area (Å²) < 4.78 is 5.71. The molecule has 0 bridgehead atoms. The first kappa shape index (κ1) is 28.3. The number of aryl methyl sites for hydroxylation is 1. The van der Waals surface area contributed by atoms with Gasteiger partial charge < -0.3 is 14.7 Å². The van der Waals surface area contributed by atoms with E-state index in [1.54, 1.807) is 4.90 Å². The fourth-order valence-corrected chi connectivity index (χ4v) is 5.87. The van der Waals surface area contributed by atoms with Crippen molar-refractivity contribution in [2.75, 3.05) is 19.7 Å². The number of nitrogens with zero attached hydrogens (tertiary/aromatic N) is 2. The maximum Gasteiger partial charge on any atom is 0.434 e. The van der Waals surface area contributed by atoms with Gasteiger partial charge in [0.1, 0.15) is 12.3 Å². The van der Waals surface area contributed by atoms with Gasteiger partial charge in [-0.25, -0.2) is 4.79 Å². The third-order valence-corrected chi connectivity index (χ3v) is 7.92. The Balaban J connectivity index is 1.31. The highest BCUT2D eigenvalue weighted by Gasteiger charge is 2.29. The summed E-state index contributed by atoms with van der Waals surface area (Å²) >= 11 is 0. The van der Waals surface area contributed by atoms with Crippen LogP contribution in [-0.4, -0.2) is 53.4 Å². The molecule has 0 spiro atoms. The number of likely N-dealkylation sites (tertiary alicyclic amines) is 1. The largest absolute Gasteiger partial charge is 0.481 e. The minimum Gasteiger partial charge on any atom is -0.481 e. The molecule has 2 amide bonds. The fraction of sp³-hybridized carbons (Fsp3) is 0.353. The first-order valence-corrected chi connectivity index (χ1v) is 14.5. The maximum atomic E-state index is 13.5. The summed E-state index contributed by atoms with van der Waals surface area (Å²) in [7, 11) is 0. The third-order valence-electron chi connectivity index (χ3n) is 7.92. The average molecular weight is 553 g/mol. The molecule has 0 atom stereocenters. The van der Waals surface area contributed by atoms with Crippen molar-refractivity contribution in [3.8, 4) is 11.1 Å². The Hall–Kier alpha value is -4.26. The molecule has 3 aromatic carbocycles. The highest BCUT2D eigenvalue weighted by Crippen LogP contribution is 2.44. The molecule has 0 saturated carbocycles. The zero-order chi connectivity index (χ0) is 28.6. The number of hydrogen-bond donors (Lipinski definition) is 1. The van der Waals surface area contributed by atoms with E-state index in [1.807, 2.05) is 48.5 Å². The van der Waals surface area contributed by atoms with Crippen molar-refractivity contribution < 1.29 is 24.2 Å². The molecule has 2 aliphatic rings. The molecular weight excluding hydrogens is 516 g/mol. The second kappa shape index (κ2) is 13.4. The Bertz CT molecular complexity index is 1390. The molecule has 0 radical (unpaired) electrons. The van der Waals surface area contributed by atoms with Crippen molar-refractivity contribution in [1.29, 1.82) is 0 Å². The number of carbonyl (C=O) groups excluding carboxylic acids is 2. The number of carboxylic acids is 1. The van der Waals surface area contributed by atoms with Crippen LogP contribution in [0.25, 0.3) is 11.1 Å². The molecular formula is C34H36N2O5. The van der Waals surface area contributed by atoms with Crippen molar-refractivity contribution in [3.05, 3.63) is 95.1 Å². The van der Waals surface area contributed by atoms with Gasteiger partial charge in [0.15, 0.2) is 0 Å². The molecule has 0 unspecified atom stereocenters. The van der Waals surface area contributed by atoms with Gasteiger partial charge in [-0.1, -0.05) is 72.8 Å². The SMILES string of the molecule is O=C(O)CCCCc1cccc(CC(=NC(=O)OCC2c3ccccc3-c3ccccc32)C(=O)N2CCCCC2)c1. The summed E-state index contributed by atoms with van der Waals surface area (Å²) in [6.45, 7) is 1.46. The lowest BCUT2D eigenvalue weighted by Gasteiger charge is -2.27. The normalized spacial score (nSPS) is 14.8.